The summed E-state index contributed by atoms with van der Waals surface area (Å²) in [5, 5.41) is 0. The van der Waals surface area contributed by atoms with Crippen LogP contribution in [0.5, 0.6) is 0 Å². The zero-order chi connectivity index (χ0) is 19.2. The highest BCUT2D eigenvalue weighted by Crippen LogP contribution is 2.43. The fourth-order valence-electron chi connectivity index (χ4n) is 4.69. The summed E-state index contributed by atoms with van der Waals surface area (Å²) in [6, 6.07) is 0. The zero-order valence-corrected chi connectivity index (χ0v) is 19.2. The quantitative estimate of drug-likeness (QED) is 0.325. The highest BCUT2D eigenvalue weighted by atomic mass is 14.4. The predicted octanol–water partition coefficient (Wildman–Crippen LogP) is 9.13. The van der Waals surface area contributed by atoms with Crippen molar-refractivity contribution in [2.75, 3.05) is 0 Å². The molecule has 0 aliphatic heterocycles. The molecule has 0 amide bonds. The summed E-state index contributed by atoms with van der Waals surface area (Å²) in [6.45, 7) is 18.8. The van der Waals surface area contributed by atoms with Gasteiger partial charge in [0.2, 0.25) is 0 Å². The maximum Gasteiger partial charge on any atom is -0.0360 e. The first-order chi connectivity index (χ1) is 11.9. The molecule has 0 saturated heterocycles. The highest BCUT2D eigenvalue weighted by molar-refractivity contribution is 4.83. The minimum atomic E-state index is 0.849. The summed E-state index contributed by atoms with van der Waals surface area (Å²) in [5.74, 6) is 5.78. The fourth-order valence-corrected chi connectivity index (χ4v) is 4.69. The first kappa shape index (κ1) is 25.0. The SMILES string of the molecule is CCC.CCCCCC(C)C1CCCC1CC(CC)CC(C)C(C)C. The average Bonchev–Trinajstić information content (AvgIpc) is 3.03. The van der Waals surface area contributed by atoms with Crippen molar-refractivity contribution in [3.05, 3.63) is 0 Å². The lowest BCUT2D eigenvalue weighted by molar-refractivity contribution is 0.199. The van der Waals surface area contributed by atoms with E-state index in [1.54, 1.807) is 0 Å². The molecule has 5 unspecified atom stereocenters. The molecule has 5 atom stereocenters. The number of hydrogen-bond donors (Lipinski definition) is 0. The average molecular weight is 353 g/mol. The smallest absolute Gasteiger partial charge is 0.0360 e. The second kappa shape index (κ2) is 15.1. The monoisotopic (exact) mass is 352 g/mol. The second-order valence-corrected chi connectivity index (χ2v) is 9.50. The van der Waals surface area contributed by atoms with Crippen LogP contribution in [0.3, 0.4) is 0 Å². The van der Waals surface area contributed by atoms with Gasteiger partial charge in [-0.25, -0.2) is 0 Å². The van der Waals surface area contributed by atoms with Gasteiger partial charge in [-0.2, -0.15) is 0 Å². The standard InChI is InChI=1S/C22H44.C3H8/c1-7-9-10-12-18(5)22-14-11-13-21(22)16-20(8-2)15-19(6)17(3)4;1-3-2/h17-22H,7-16H2,1-6H3;3H2,1-2H3. The number of hydrogen-bond acceptors (Lipinski definition) is 0. The van der Waals surface area contributed by atoms with Crippen LogP contribution in [-0.2, 0) is 0 Å². The Morgan fingerprint density at radius 2 is 1.52 bits per heavy atom. The summed E-state index contributed by atoms with van der Waals surface area (Å²) in [6.07, 6.45) is 15.9. The van der Waals surface area contributed by atoms with Crippen molar-refractivity contribution in [3.8, 4) is 0 Å². The molecule has 0 spiro atoms. The molecule has 0 aromatic rings. The normalized spacial score (nSPS) is 23.9. The Hall–Kier alpha value is 0. The van der Waals surface area contributed by atoms with E-state index in [4.69, 9.17) is 0 Å². The Balaban J connectivity index is 0.00000178. The van der Waals surface area contributed by atoms with Crippen LogP contribution in [0, 0.1) is 35.5 Å². The molecule has 0 bridgehead atoms. The zero-order valence-electron chi connectivity index (χ0n) is 19.2. The van der Waals surface area contributed by atoms with Gasteiger partial charge in [0.05, 0.1) is 0 Å². The van der Waals surface area contributed by atoms with Crippen molar-refractivity contribution in [1.82, 2.24) is 0 Å². The third kappa shape index (κ3) is 10.7. The van der Waals surface area contributed by atoms with Crippen molar-refractivity contribution < 1.29 is 0 Å². The largest absolute Gasteiger partial charge is 0.0656 e. The third-order valence-corrected chi connectivity index (χ3v) is 6.77. The topological polar surface area (TPSA) is 0 Å². The molecule has 25 heavy (non-hydrogen) atoms. The molecule has 1 aliphatic rings. The third-order valence-electron chi connectivity index (χ3n) is 6.77. The molecular weight excluding hydrogens is 300 g/mol. The minimum absolute atomic E-state index is 0.849. The number of unbranched alkanes of at least 4 members (excludes halogenated alkanes) is 2. The molecule has 1 aliphatic carbocycles. The van der Waals surface area contributed by atoms with Gasteiger partial charge in [-0.1, -0.05) is 107 Å². The molecule has 0 heterocycles. The van der Waals surface area contributed by atoms with Crippen LogP contribution in [-0.4, -0.2) is 0 Å². The van der Waals surface area contributed by atoms with Crippen LogP contribution < -0.4 is 0 Å². The van der Waals surface area contributed by atoms with Crippen LogP contribution in [0.2, 0.25) is 0 Å². The minimum Gasteiger partial charge on any atom is -0.0656 e. The summed E-state index contributed by atoms with van der Waals surface area (Å²) in [7, 11) is 0. The maximum atomic E-state index is 2.55. The van der Waals surface area contributed by atoms with Crippen molar-refractivity contribution in [2.24, 2.45) is 35.5 Å². The second-order valence-electron chi connectivity index (χ2n) is 9.50. The van der Waals surface area contributed by atoms with Gasteiger partial charge in [0.15, 0.2) is 0 Å². The van der Waals surface area contributed by atoms with E-state index in [9.17, 15) is 0 Å². The first-order valence-electron chi connectivity index (χ1n) is 11.9. The van der Waals surface area contributed by atoms with E-state index in [0.717, 1.165) is 35.5 Å². The molecule has 0 aromatic carbocycles. The van der Waals surface area contributed by atoms with Crippen LogP contribution in [0.25, 0.3) is 0 Å². The van der Waals surface area contributed by atoms with Crippen LogP contribution in [0.15, 0.2) is 0 Å². The lowest BCUT2D eigenvalue weighted by Gasteiger charge is -2.30. The lowest BCUT2D eigenvalue weighted by Crippen LogP contribution is -2.21. The van der Waals surface area contributed by atoms with Gasteiger partial charge in [-0.3, -0.25) is 0 Å². The molecule has 0 nitrogen and oxygen atoms in total. The van der Waals surface area contributed by atoms with Gasteiger partial charge in [-0.05, 0) is 54.8 Å². The summed E-state index contributed by atoms with van der Waals surface area (Å²) >= 11 is 0. The van der Waals surface area contributed by atoms with Gasteiger partial charge in [0.1, 0.15) is 0 Å². The first-order valence-corrected chi connectivity index (χ1v) is 11.9. The molecule has 0 heteroatoms. The molecule has 1 fully saturated rings. The van der Waals surface area contributed by atoms with E-state index >= 15 is 0 Å². The van der Waals surface area contributed by atoms with E-state index in [1.165, 1.54) is 70.6 Å². The molecule has 152 valence electrons. The Morgan fingerprint density at radius 3 is 2.04 bits per heavy atom. The van der Waals surface area contributed by atoms with Crippen molar-refractivity contribution in [1.29, 1.82) is 0 Å². The molecule has 1 saturated carbocycles. The molecule has 0 N–H and O–H groups in total. The molecule has 0 aromatic heterocycles. The predicted molar refractivity (Wildman–Crippen MR) is 117 cm³/mol. The van der Waals surface area contributed by atoms with Crippen LogP contribution >= 0.6 is 0 Å². The Kier molecular flexibility index (Phi) is 15.1. The van der Waals surface area contributed by atoms with E-state index in [0.29, 0.717) is 0 Å². The molecule has 1 rings (SSSR count). The van der Waals surface area contributed by atoms with Crippen molar-refractivity contribution in [2.45, 2.75) is 126 Å². The summed E-state index contributed by atoms with van der Waals surface area (Å²) in [5.41, 5.74) is 0. The Morgan fingerprint density at radius 1 is 0.880 bits per heavy atom. The van der Waals surface area contributed by atoms with Crippen LogP contribution in [0.4, 0.5) is 0 Å². The van der Waals surface area contributed by atoms with E-state index in [1.807, 2.05) is 0 Å². The van der Waals surface area contributed by atoms with Crippen LogP contribution in [0.1, 0.15) is 126 Å². The van der Waals surface area contributed by atoms with Crippen molar-refractivity contribution in [3.63, 3.8) is 0 Å². The van der Waals surface area contributed by atoms with Gasteiger partial charge in [-0.15, -0.1) is 0 Å². The van der Waals surface area contributed by atoms with E-state index in [-0.39, 0.29) is 0 Å². The Labute approximate surface area is 161 Å². The maximum absolute atomic E-state index is 2.55. The fraction of sp³-hybridized carbons (Fsp3) is 1.00. The van der Waals surface area contributed by atoms with E-state index in [2.05, 4.69) is 55.4 Å². The van der Waals surface area contributed by atoms with Crippen molar-refractivity contribution >= 4 is 0 Å². The van der Waals surface area contributed by atoms with E-state index < -0.39 is 0 Å². The highest BCUT2D eigenvalue weighted by Gasteiger charge is 2.32. The van der Waals surface area contributed by atoms with Gasteiger partial charge >= 0.3 is 0 Å². The number of rotatable bonds is 11. The Bertz CT molecular complexity index is 280. The summed E-state index contributed by atoms with van der Waals surface area (Å²) < 4.78 is 0. The lowest BCUT2D eigenvalue weighted by atomic mass is 9.75. The molecular formula is C25H52. The van der Waals surface area contributed by atoms with Gasteiger partial charge in [0, 0.05) is 0 Å². The summed E-state index contributed by atoms with van der Waals surface area (Å²) in [4.78, 5) is 0. The molecule has 0 radical (unpaired) electrons. The van der Waals surface area contributed by atoms with Gasteiger partial charge < -0.3 is 0 Å². The van der Waals surface area contributed by atoms with Gasteiger partial charge in [0.25, 0.3) is 0 Å².